The van der Waals surface area contributed by atoms with Crippen molar-refractivity contribution in [3.63, 3.8) is 0 Å². The van der Waals surface area contributed by atoms with E-state index >= 15 is 0 Å². The molecule has 0 aliphatic rings. The lowest BCUT2D eigenvalue weighted by Gasteiger charge is -2.09. The van der Waals surface area contributed by atoms with Gasteiger partial charge in [-0.15, -0.1) is 0 Å². The van der Waals surface area contributed by atoms with Gasteiger partial charge in [-0.2, -0.15) is 4.39 Å². The van der Waals surface area contributed by atoms with Gasteiger partial charge in [0.25, 0.3) is 0 Å². The van der Waals surface area contributed by atoms with Gasteiger partial charge >= 0.3 is 5.97 Å². The summed E-state index contributed by atoms with van der Waals surface area (Å²) in [5.41, 5.74) is 2.67. The number of carbonyl (C=O) groups is 1. The van der Waals surface area contributed by atoms with Crippen LogP contribution in [-0.2, 0) is 0 Å². The summed E-state index contributed by atoms with van der Waals surface area (Å²) >= 11 is 0. The fourth-order valence-electron chi connectivity index (χ4n) is 1.04. The van der Waals surface area contributed by atoms with Crippen molar-refractivity contribution in [2.24, 2.45) is 0 Å². The molecule has 0 heterocycles. The number of nitrogens with two attached hydrogens (primary N) is 1. The highest BCUT2D eigenvalue weighted by atomic mass is 19.2. The molecule has 0 amide bonds. The standard InChI is InChI=1S/C8H6F3NO3/c1-15-7-3(9)2(8(13)14)6(12)4(10)5(7)11/h12H2,1H3,(H,13,14). The first-order valence-electron chi connectivity index (χ1n) is 3.65. The van der Waals surface area contributed by atoms with Crippen LogP contribution < -0.4 is 10.5 Å². The molecule has 15 heavy (non-hydrogen) atoms. The average Bonchev–Trinajstić information content (AvgIpc) is 2.15. The number of carboxylic acids is 1. The normalized spacial score (nSPS) is 10.1. The summed E-state index contributed by atoms with van der Waals surface area (Å²) in [6.07, 6.45) is 0. The number of anilines is 1. The van der Waals surface area contributed by atoms with Gasteiger partial charge < -0.3 is 15.6 Å². The van der Waals surface area contributed by atoms with Gasteiger partial charge in [-0.1, -0.05) is 0 Å². The summed E-state index contributed by atoms with van der Waals surface area (Å²) in [5, 5.41) is 8.52. The Morgan fingerprint density at radius 2 is 1.80 bits per heavy atom. The number of halogens is 3. The van der Waals surface area contributed by atoms with E-state index in [1.807, 2.05) is 0 Å². The van der Waals surface area contributed by atoms with Gasteiger partial charge in [0.05, 0.1) is 12.8 Å². The topological polar surface area (TPSA) is 72.5 Å². The van der Waals surface area contributed by atoms with Crippen molar-refractivity contribution >= 4 is 11.7 Å². The van der Waals surface area contributed by atoms with Crippen LogP contribution in [-0.4, -0.2) is 18.2 Å². The molecule has 0 saturated heterocycles. The molecule has 0 spiro atoms. The Hall–Kier alpha value is -1.92. The molecular weight excluding hydrogens is 215 g/mol. The van der Waals surface area contributed by atoms with Crippen molar-refractivity contribution in [1.29, 1.82) is 0 Å². The van der Waals surface area contributed by atoms with Gasteiger partial charge in [0, 0.05) is 0 Å². The number of nitrogen functional groups attached to an aromatic ring is 1. The molecule has 1 aromatic rings. The Labute approximate surface area is 82.1 Å². The van der Waals surface area contributed by atoms with E-state index in [0.717, 1.165) is 7.11 Å². The summed E-state index contributed by atoms with van der Waals surface area (Å²) in [6.45, 7) is 0. The number of methoxy groups -OCH3 is 1. The minimum absolute atomic E-state index is 0.878. The van der Waals surface area contributed by atoms with Crippen LogP contribution in [0.3, 0.4) is 0 Å². The second-order valence-electron chi connectivity index (χ2n) is 2.57. The summed E-state index contributed by atoms with van der Waals surface area (Å²) < 4.78 is 43.3. The summed E-state index contributed by atoms with van der Waals surface area (Å²) in [7, 11) is 0.878. The third kappa shape index (κ3) is 1.56. The first kappa shape index (κ1) is 11.2. The molecule has 0 saturated carbocycles. The maximum Gasteiger partial charge on any atom is 0.341 e. The largest absolute Gasteiger partial charge is 0.491 e. The minimum atomic E-state index is -1.80. The summed E-state index contributed by atoms with van der Waals surface area (Å²) in [6, 6.07) is 0. The lowest BCUT2D eigenvalue weighted by Crippen LogP contribution is -2.11. The van der Waals surface area contributed by atoms with Crippen LogP contribution in [0.25, 0.3) is 0 Å². The van der Waals surface area contributed by atoms with E-state index in [0.29, 0.717) is 0 Å². The van der Waals surface area contributed by atoms with E-state index < -0.39 is 40.4 Å². The number of rotatable bonds is 2. The molecule has 7 heteroatoms. The van der Waals surface area contributed by atoms with E-state index in [1.165, 1.54) is 0 Å². The van der Waals surface area contributed by atoms with Crippen LogP contribution in [0.2, 0.25) is 0 Å². The zero-order valence-corrected chi connectivity index (χ0v) is 7.47. The van der Waals surface area contributed by atoms with Gasteiger partial charge in [0.15, 0.2) is 17.4 Å². The van der Waals surface area contributed by atoms with Crippen LogP contribution in [0.4, 0.5) is 18.9 Å². The highest BCUT2D eigenvalue weighted by Gasteiger charge is 2.27. The lowest BCUT2D eigenvalue weighted by atomic mass is 10.1. The quantitative estimate of drug-likeness (QED) is 0.584. The second kappa shape index (κ2) is 3.68. The van der Waals surface area contributed by atoms with Crippen molar-refractivity contribution in [2.75, 3.05) is 12.8 Å². The number of hydrogen-bond donors (Lipinski definition) is 2. The van der Waals surface area contributed by atoms with Crippen molar-refractivity contribution in [2.45, 2.75) is 0 Å². The van der Waals surface area contributed by atoms with Crippen molar-refractivity contribution in [3.05, 3.63) is 23.0 Å². The molecule has 0 unspecified atom stereocenters. The SMILES string of the molecule is COc1c(F)c(F)c(N)c(C(=O)O)c1F. The van der Waals surface area contributed by atoms with Crippen molar-refractivity contribution < 1.29 is 27.8 Å². The van der Waals surface area contributed by atoms with E-state index in [2.05, 4.69) is 4.74 Å². The van der Waals surface area contributed by atoms with E-state index in [-0.39, 0.29) is 0 Å². The van der Waals surface area contributed by atoms with E-state index in [4.69, 9.17) is 10.8 Å². The van der Waals surface area contributed by atoms with E-state index in [1.54, 1.807) is 0 Å². The first-order chi connectivity index (χ1) is 6.91. The Kier molecular flexibility index (Phi) is 2.74. The molecule has 4 nitrogen and oxygen atoms in total. The summed E-state index contributed by atoms with van der Waals surface area (Å²) in [4.78, 5) is 10.5. The monoisotopic (exact) mass is 221 g/mol. The molecule has 0 aromatic heterocycles. The highest BCUT2D eigenvalue weighted by Crippen LogP contribution is 2.32. The minimum Gasteiger partial charge on any atom is -0.491 e. The third-order valence-corrected chi connectivity index (χ3v) is 1.73. The zero-order valence-electron chi connectivity index (χ0n) is 7.47. The maximum absolute atomic E-state index is 13.2. The number of ether oxygens (including phenoxy) is 1. The van der Waals surface area contributed by atoms with Crippen molar-refractivity contribution in [3.8, 4) is 5.75 Å². The molecule has 0 aliphatic carbocycles. The Morgan fingerprint density at radius 1 is 1.27 bits per heavy atom. The number of benzene rings is 1. The first-order valence-corrected chi connectivity index (χ1v) is 3.65. The second-order valence-corrected chi connectivity index (χ2v) is 2.57. The Bertz CT molecular complexity index is 434. The fourth-order valence-corrected chi connectivity index (χ4v) is 1.04. The van der Waals surface area contributed by atoms with Crippen molar-refractivity contribution in [1.82, 2.24) is 0 Å². The number of hydrogen-bond acceptors (Lipinski definition) is 3. The van der Waals surface area contributed by atoms with Crippen LogP contribution in [0.5, 0.6) is 5.75 Å². The fraction of sp³-hybridized carbons (Fsp3) is 0.125. The molecule has 0 bridgehead atoms. The van der Waals surface area contributed by atoms with E-state index in [9.17, 15) is 18.0 Å². The Morgan fingerprint density at radius 3 is 2.20 bits per heavy atom. The van der Waals surface area contributed by atoms with Crippen LogP contribution in [0, 0.1) is 17.5 Å². The molecule has 3 N–H and O–H groups in total. The van der Waals surface area contributed by atoms with Gasteiger partial charge in [0.1, 0.15) is 5.56 Å². The Balaban J connectivity index is 3.68. The number of carboxylic acid groups (broad SMARTS) is 1. The average molecular weight is 221 g/mol. The molecule has 0 atom stereocenters. The highest BCUT2D eigenvalue weighted by molar-refractivity contribution is 5.94. The van der Waals surface area contributed by atoms with Crippen LogP contribution >= 0.6 is 0 Å². The van der Waals surface area contributed by atoms with Crippen LogP contribution in [0.1, 0.15) is 10.4 Å². The smallest absolute Gasteiger partial charge is 0.341 e. The van der Waals surface area contributed by atoms with Gasteiger partial charge in [0.2, 0.25) is 5.82 Å². The molecule has 1 aromatic carbocycles. The van der Waals surface area contributed by atoms with Gasteiger partial charge in [-0.25, -0.2) is 13.6 Å². The van der Waals surface area contributed by atoms with Gasteiger partial charge in [-0.3, -0.25) is 0 Å². The lowest BCUT2D eigenvalue weighted by molar-refractivity contribution is 0.0691. The summed E-state index contributed by atoms with van der Waals surface area (Å²) in [5.74, 6) is -7.76. The third-order valence-electron chi connectivity index (χ3n) is 1.73. The molecule has 82 valence electrons. The maximum atomic E-state index is 13.2. The molecule has 0 aliphatic heterocycles. The molecule has 1 rings (SSSR count). The zero-order chi connectivity index (χ0) is 11.7. The predicted molar refractivity (Wildman–Crippen MR) is 44.2 cm³/mol. The predicted octanol–water partition coefficient (Wildman–Crippen LogP) is 1.39. The molecular formula is C8H6F3NO3. The van der Waals surface area contributed by atoms with Gasteiger partial charge in [-0.05, 0) is 0 Å². The molecule has 0 radical (unpaired) electrons. The number of aromatic carboxylic acids is 1. The molecule has 0 fully saturated rings. The van der Waals surface area contributed by atoms with Crippen LogP contribution in [0.15, 0.2) is 0 Å².